The van der Waals surface area contributed by atoms with Crippen LogP contribution in [0.5, 0.6) is 5.75 Å². The van der Waals surface area contributed by atoms with Crippen LogP contribution >= 0.6 is 0 Å². The van der Waals surface area contributed by atoms with E-state index in [0.29, 0.717) is 16.6 Å². The van der Waals surface area contributed by atoms with E-state index in [4.69, 9.17) is 4.74 Å². The first-order valence-corrected chi connectivity index (χ1v) is 11.8. The van der Waals surface area contributed by atoms with Gasteiger partial charge in [0.1, 0.15) is 11.4 Å². The lowest BCUT2D eigenvalue weighted by molar-refractivity contribution is 0.304. The van der Waals surface area contributed by atoms with E-state index in [-0.39, 0.29) is 5.56 Å². The van der Waals surface area contributed by atoms with Gasteiger partial charge in [0, 0.05) is 12.3 Å². The zero-order valence-corrected chi connectivity index (χ0v) is 18.4. The topological polar surface area (TPSA) is 43.6 Å². The van der Waals surface area contributed by atoms with Crippen molar-refractivity contribution < 1.29 is 4.74 Å². The van der Waals surface area contributed by atoms with Crippen LogP contribution in [0.1, 0.15) is 84.0 Å². The summed E-state index contributed by atoms with van der Waals surface area (Å²) in [7, 11) is 0. The highest BCUT2D eigenvalue weighted by atomic mass is 16.5. The molecule has 0 amide bonds. The third kappa shape index (κ3) is 6.58. The minimum absolute atomic E-state index is 0.0388. The lowest BCUT2D eigenvalue weighted by atomic mass is 10.1. The summed E-state index contributed by atoms with van der Waals surface area (Å²) >= 11 is 0. The average Bonchev–Trinajstić information content (AvgIpc) is 2.77. The van der Waals surface area contributed by atoms with Crippen LogP contribution in [0.15, 0.2) is 47.4 Å². The van der Waals surface area contributed by atoms with Gasteiger partial charge >= 0.3 is 0 Å². The summed E-state index contributed by atoms with van der Waals surface area (Å²) in [4.78, 5) is 17.2. The average molecular weight is 409 g/mol. The first-order valence-electron chi connectivity index (χ1n) is 11.8. The normalized spacial score (nSPS) is 11.4. The molecule has 0 radical (unpaired) electrons. The van der Waals surface area contributed by atoms with E-state index in [2.05, 4.69) is 11.9 Å². The second-order valence-electron chi connectivity index (χ2n) is 8.26. The Hall–Kier alpha value is -2.36. The van der Waals surface area contributed by atoms with Crippen LogP contribution in [0.2, 0.25) is 0 Å². The van der Waals surface area contributed by atoms with E-state index in [1.165, 1.54) is 70.6 Å². The first kappa shape index (κ1) is 22.3. The second-order valence-corrected chi connectivity index (χ2v) is 8.26. The van der Waals surface area contributed by atoms with Crippen LogP contribution < -0.4 is 10.3 Å². The predicted octanol–water partition coefficient (Wildman–Crippen LogP) is 6.93. The zero-order valence-electron chi connectivity index (χ0n) is 18.4. The molecule has 0 aliphatic heterocycles. The maximum atomic E-state index is 12.6. The number of aromatic nitrogens is 2. The quantitative estimate of drug-likeness (QED) is 0.215. The van der Waals surface area contributed by atoms with Gasteiger partial charge in [0.15, 0.2) is 0 Å². The number of hydrogen-bond donors (Lipinski definition) is 0. The van der Waals surface area contributed by atoms with Crippen molar-refractivity contribution in [1.29, 1.82) is 0 Å². The highest BCUT2D eigenvalue weighted by molar-refractivity contribution is 5.81. The van der Waals surface area contributed by atoms with Gasteiger partial charge in [-0.25, -0.2) is 4.98 Å². The van der Waals surface area contributed by atoms with Gasteiger partial charge in [0.2, 0.25) is 0 Å². The van der Waals surface area contributed by atoms with E-state index in [9.17, 15) is 4.79 Å². The van der Waals surface area contributed by atoms with Crippen LogP contribution in [-0.2, 0) is 0 Å². The standard InChI is InChI=1S/C26H36N2O2/c1-2-3-4-5-6-7-8-9-10-11-12-15-20-30-22-17-18-23-24(21-22)27-25-16-13-14-19-28(25)26(23)29/h13-14,16-19,21H,2-12,15,20H2,1H3. The summed E-state index contributed by atoms with van der Waals surface area (Å²) in [6, 6.07) is 11.2. The number of ether oxygens (including phenoxy) is 1. The Morgan fingerprint density at radius 3 is 2.20 bits per heavy atom. The van der Waals surface area contributed by atoms with Gasteiger partial charge in [-0.1, -0.05) is 83.6 Å². The fraction of sp³-hybridized carbons (Fsp3) is 0.538. The summed E-state index contributed by atoms with van der Waals surface area (Å²) in [5.41, 5.74) is 1.31. The van der Waals surface area contributed by atoms with Crippen LogP contribution in [0.25, 0.3) is 16.6 Å². The van der Waals surface area contributed by atoms with Crippen molar-refractivity contribution >= 4 is 16.6 Å². The molecule has 1 aromatic carbocycles. The molecule has 0 saturated carbocycles. The van der Waals surface area contributed by atoms with Crippen molar-refractivity contribution in [1.82, 2.24) is 9.38 Å². The van der Waals surface area contributed by atoms with Gasteiger partial charge in [-0.2, -0.15) is 0 Å². The summed E-state index contributed by atoms with van der Waals surface area (Å²) in [6.07, 6.45) is 17.8. The summed E-state index contributed by atoms with van der Waals surface area (Å²) in [5, 5.41) is 0.622. The van der Waals surface area contributed by atoms with Gasteiger partial charge in [0.05, 0.1) is 17.5 Å². The SMILES string of the molecule is CCCCCCCCCCCCCCOc1ccc2c(=O)n3ccccc3nc2c1. The molecule has 0 saturated heterocycles. The molecule has 0 bridgehead atoms. The lowest BCUT2D eigenvalue weighted by Gasteiger charge is -2.08. The van der Waals surface area contributed by atoms with E-state index < -0.39 is 0 Å². The largest absolute Gasteiger partial charge is 0.494 e. The summed E-state index contributed by atoms with van der Waals surface area (Å²) in [5.74, 6) is 0.790. The van der Waals surface area contributed by atoms with Crippen LogP contribution in [-0.4, -0.2) is 16.0 Å². The molecule has 0 N–H and O–H groups in total. The molecule has 0 spiro atoms. The molecule has 3 aromatic rings. The number of pyridine rings is 1. The van der Waals surface area contributed by atoms with Crippen molar-refractivity contribution in [3.05, 3.63) is 52.9 Å². The minimum Gasteiger partial charge on any atom is -0.494 e. The Morgan fingerprint density at radius 1 is 0.833 bits per heavy atom. The van der Waals surface area contributed by atoms with Gasteiger partial charge in [0.25, 0.3) is 5.56 Å². The Bertz CT molecular complexity index is 964. The van der Waals surface area contributed by atoms with Crippen LogP contribution in [0.3, 0.4) is 0 Å². The number of fused-ring (bicyclic) bond motifs is 2. The molecule has 0 aliphatic carbocycles. The number of rotatable bonds is 14. The van der Waals surface area contributed by atoms with Crippen molar-refractivity contribution in [2.24, 2.45) is 0 Å². The smallest absolute Gasteiger partial charge is 0.265 e. The van der Waals surface area contributed by atoms with E-state index in [1.54, 1.807) is 10.6 Å². The van der Waals surface area contributed by atoms with Crippen LogP contribution in [0.4, 0.5) is 0 Å². The van der Waals surface area contributed by atoms with Crippen molar-refractivity contribution in [2.75, 3.05) is 6.61 Å². The molecule has 0 aliphatic rings. The zero-order chi connectivity index (χ0) is 21.0. The number of unbranched alkanes of at least 4 members (excludes halogenated alkanes) is 11. The molecular weight excluding hydrogens is 372 g/mol. The molecule has 162 valence electrons. The van der Waals surface area contributed by atoms with E-state index in [0.717, 1.165) is 18.8 Å². The number of nitrogens with zero attached hydrogens (tertiary/aromatic N) is 2. The predicted molar refractivity (Wildman–Crippen MR) is 126 cm³/mol. The van der Waals surface area contributed by atoms with Crippen molar-refractivity contribution in [2.45, 2.75) is 84.0 Å². The molecule has 0 fully saturated rings. The summed E-state index contributed by atoms with van der Waals surface area (Å²) < 4.78 is 7.49. The molecule has 2 heterocycles. The molecule has 2 aromatic heterocycles. The van der Waals surface area contributed by atoms with Gasteiger partial charge in [-0.15, -0.1) is 0 Å². The van der Waals surface area contributed by atoms with E-state index in [1.807, 2.05) is 36.4 Å². The highest BCUT2D eigenvalue weighted by Crippen LogP contribution is 2.18. The molecule has 4 heteroatoms. The lowest BCUT2D eigenvalue weighted by Crippen LogP contribution is -2.14. The molecule has 30 heavy (non-hydrogen) atoms. The van der Waals surface area contributed by atoms with Gasteiger partial charge < -0.3 is 4.74 Å². The fourth-order valence-electron chi connectivity index (χ4n) is 3.96. The molecule has 3 rings (SSSR count). The van der Waals surface area contributed by atoms with Crippen molar-refractivity contribution in [3.8, 4) is 5.75 Å². The Labute approximate surface area is 180 Å². The number of benzene rings is 1. The monoisotopic (exact) mass is 408 g/mol. The third-order valence-electron chi connectivity index (χ3n) is 5.76. The highest BCUT2D eigenvalue weighted by Gasteiger charge is 2.06. The Kier molecular flexibility index (Phi) is 9.20. The van der Waals surface area contributed by atoms with Gasteiger partial charge in [-0.3, -0.25) is 9.20 Å². The van der Waals surface area contributed by atoms with E-state index >= 15 is 0 Å². The molecule has 0 atom stereocenters. The second kappa shape index (κ2) is 12.4. The van der Waals surface area contributed by atoms with Crippen molar-refractivity contribution in [3.63, 3.8) is 0 Å². The first-order chi connectivity index (χ1) is 14.8. The molecule has 0 unspecified atom stereocenters. The van der Waals surface area contributed by atoms with Gasteiger partial charge in [-0.05, 0) is 30.7 Å². The Morgan fingerprint density at radius 2 is 1.50 bits per heavy atom. The minimum atomic E-state index is -0.0388. The third-order valence-corrected chi connectivity index (χ3v) is 5.76. The van der Waals surface area contributed by atoms with Crippen LogP contribution in [0, 0.1) is 0 Å². The summed E-state index contributed by atoms with van der Waals surface area (Å²) in [6.45, 7) is 2.99. The maximum Gasteiger partial charge on any atom is 0.265 e. The molecular formula is C26H36N2O2. The molecule has 4 nitrogen and oxygen atoms in total. The maximum absolute atomic E-state index is 12.6. The number of hydrogen-bond acceptors (Lipinski definition) is 3. The Balaban J connectivity index is 1.33. The fourth-order valence-corrected chi connectivity index (χ4v) is 3.96.